The van der Waals surface area contributed by atoms with Crippen LogP contribution in [0.4, 0.5) is 0 Å². The van der Waals surface area contributed by atoms with E-state index in [0.717, 1.165) is 41.4 Å². The van der Waals surface area contributed by atoms with E-state index < -0.39 is 15.0 Å². The minimum atomic E-state index is -1.43. The number of hydrogen-bond acceptors (Lipinski definition) is 2. The molecule has 0 saturated heterocycles. The molecule has 0 spiro atoms. The van der Waals surface area contributed by atoms with Gasteiger partial charge in [-0.2, -0.15) is 0 Å². The summed E-state index contributed by atoms with van der Waals surface area (Å²) in [6.45, 7) is 2.57. The molecule has 0 aliphatic carbocycles. The Labute approximate surface area is 184 Å². The number of carboxylic acid groups (broad SMARTS) is 1. The van der Waals surface area contributed by atoms with Crippen molar-refractivity contribution in [2.45, 2.75) is 32.8 Å². The highest BCUT2D eigenvalue weighted by Gasteiger charge is 2.22. The first-order valence-corrected chi connectivity index (χ1v) is 12.1. The van der Waals surface area contributed by atoms with E-state index in [1.54, 1.807) is 12.1 Å². The number of aromatic amines is 1. The van der Waals surface area contributed by atoms with Crippen LogP contribution in [0.25, 0.3) is 10.9 Å². The molecule has 0 bridgehead atoms. The third-order valence-corrected chi connectivity index (χ3v) is 7.61. The van der Waals surface area contributed by atoms with Gasteiger partial charge in [0.15, 0.2) is 0 Å². The number of H-pyrrole nitrogens is 1. The van der Waals surface area contributed by atoms with Crippen LogP contribution >= 0.6 is 0 Å². The summed E-state index contributed by atoms with van der Waals surface area (Å²) in [7, 11) is -1.43. The molecule has 4 aromatic rings. The molecule has 4 nitrogen and oxygen atoms in total. The Balaban J connectivity index is 1.71. The molecule has 5 heteroatoms. The predicted octanol–water partition coefficient (Wildman–Crippen LogP) is 4.53. The van der Waals surface area contributed by atoms with E-state index in [0.29, 0.717) is 12.2 Å². The fourth-order valence-corrected chi connectivity index (χ4v) is 5.90. The van der Waals surface area contributed by atoms with Crippen LogP contribution in [-0.4, -0.2) is 25.1 Å². The lowest BCUT2D eigenvalue weighted by Gasteiger charge is -2.16. The van der Waals surface area contributed by atoms with E-state index >= 15 is 0 Å². The van der Waals surface area contributed by atoms with Crippen molar-refractivity contribution in [2.75, 3.05) is 0 Å². The number of carboxylic acids is 1. The molecule has 2 N–H and O–H groups in total. The van der Waals surface area contributed by atoms with Crippen molar-refractivity contribution >= 4 is 36.3 Å². The molecule has 0 unspecified atom stereocenters. The van der Waals surface area contributed by atoms with Crippen molar-refractivity contribution in [3.05, 3.63) is 95.7 Å². The largest absolute Gasteiger partial charge is 0.478 e. The maximum absolute atomic E-state index is 11.8. The molecule has 0 aliphatic rings. The number of hydrogen-bond donors (Lipinski definition) is 2. The number of unbranched alkanes of at least 4 members (excludes halogenated alkanes) is 1. The number of carbonyl (C=O) groups is 1. The quantitative estimate of drug-likeness (QED) is 0.385. The van der Waals surface area contributed by atoms with Crippen LogP contribution in [-0.2, 0) is 17.5 Å². The van der Waals surface area contributed by atoms with Gasteiger partial charge in [0.1, 0.15) is 0 Å². The van der Waals surface area contributed by atoms with E-state index in [9.17, 15) is 9.90 Å². The third kappa shape index (κ3) is 4.63. The number of nitrogens with one attached hydrogen (secondary N) is 1. The van der Waals surface area contributed by atoms with Gasteiger partial charge in [0, 0.05) is 16.6 Å². The summed E-state index contributed by atoms with van der Waals surface area (Å²) in [4.78, 5) is 15.3. The topological polar surface area (TPSA) is 62.3 Å². The van der Waals surface area contributed by atoms with Gasteiger partial charge >= 0.3 is 5.97 Å². The Morgan fingerprint density at radius 2 is 1.58 bits per heavy atom. The summed E-state index contributed by atoms with van der Waals surface area (Å²) in [5.74, 6) is -0.895. The average Bonchev–Trinajstić information content (AvgIpc) is 3.16. The summed E-state index contributed by atoms with van der Waals surface area (Å²) in [6.07, 6.45) is 2.88. The lowest BCUT2D eigenvalue weighted by atomic mass is 10.0. The Morgan fingerprint density at radius 3 is 2.16 bits per heavy atom. The Kier molecular flexibility index (Phi) is 6.65. The number of aromatic carboxylic acids is 1. The van der Waals surface area contributed by atoms with E-state index in [4.69, 9.17) is 4.43 Å². The van der Waals surface area contributed by atoms with Crippen LogP contribution in [0.5, 0.6) is 0 Å². The molecule has 1 radical (unpaired) electrons. The van der Waals surface area contributed by atoms with Crippen LogP contribution in [0.2, 0.25) is 0 Å². The van der Waals surface area contributed by atoms with Crippen molar-refractivity contribution in [1.29, 1.82) is 0 Å². The standard InChI is InChI=1S/C26H26NO3Si/c1-2-3-15-21-24(27-23-17-10-16-22(25(21)23)26(28)29)18-30-31(19-11-6-4-7-12-19)20-13-8-5-9-14-20/h4-14,16-17,27H,2-3,15,18H2,1H3,(H,28,29). The molecule has 1 heterocycles. The smallest absolute Gasteiger partial charge is 0.336 e. The molecule has 3 aromatic carbocycles. The molecular formula is C26H26NO3Si. The first-order chi connectivity index (χ1) is 15.2. The van der Waals surface area contributed by atoms with Gasteiger partial charge in [-0.25, -0.2) is 4.79 Å². The maximum atomic E-state index is 11.8. The normalized spacial score (nSPS) is 11.3. The van der Waals surface area contributed by atoms with Crippen LogP contribution < -0.4 is 10.4 Å². The van der Waals surface area contributed by atoms with Crippen molar-refractivity contribution in [2.24, 2.45) is 0 Å². The van der Waals surface area contributed by atoms with Gasteiger partial charge in [-0.3, -0.25) is 0 Å². The first-order valence-electron chi connectivity index (χ1n) is 10.7. The molecule has 1 aromatic heterocycles. The minimum Gasteiger partial charge on any atom is -0.478 e. The minimum absolute atomic E-state index is 0.350. The molecule has 0 aliphatic heterocycles. The lowest BCUT2D eigenvalue weighted by molar-refractivity contribution is 0.0699. The molecule has 31 heavy (non-hydrogen) atoms. The summed E-state index contributed by atoms with van der Waals surface area (Å²) >= 11 is 0. The SMILES string of the molecule is CCCCc1c(CO[Si](c2ccccc2)c2ccccc2)[nH]c2cccc(C(=O)O)c12. The zero-order chi connectivity index (χ0) is 21.6. The van der Waals surface area contributed by atoms with Crippen LogP contribution in [0.3, 0.4) is 0 Å². The van der Waals surface area contributed by atoms with Gasteiger partial charge in [0.25, 0.3) is 9.04 Å². The summed E-state index contributed by atoms with van der Waals surface area (Å²) in [5, 5.41) is 12.9. The Morgan fingerprint density at radius 1 is 0.935 bits per heavy atom. The highest BCUT2D eigenvalue weighted by Crippen LogP contribution is 2.28. The second-order valence-corrected chi connectivity index (χ2v) is 9.67. The number of aromatic nitrogens is 1. The summed E-state index contributed by atoms with van der Waals surface area (Å²) in [5.41, 5.74) is 3.25. The van der Waals surface area contributed by atoms with Crippen LogP contribution in [0.15, 0.2) is 78.9 Å². The number of benzene rings is 3. The zero-order valence-electron chi connectivity index (χ0n) is 17.6. The van der Waals surface area contributed by atoms with Gasteiger partial charge in [0.2, 0.25) is 0 Å². The monoisotopic (exact) mass is 428 g/mol. The number of rotatable bonds is 9. The van der Waals surface area contributed by atoms with E-state index in [1.165, 1.54) is 10.4 Å². The van der Waals surface area contributed by atoms with Crippen molar-refractivity contribution in [1.82, 2.24) is 4.98 Å². The van der Waals surface area contributed by atoms with Gasteiger partial charge in [0.05, 0.1) is 12.2 Å². The predicted molar refractivity (Wildman–Crippen MR) is 127 cm³/mol. The molecule has 4 rings (SSSR count). The molecule has 0 amide bonds. The first kappa shape index (κ1) is 21.1. The fourth-order valence-electron chi connectivity index (χ4n) is 3.96. The van der Waals surface area contributed by atoms with Crippen LogP contribution in [0.1, 0.15) is 41.4 Å². The maximum Gasteiger partial charge on any atom is 0.336 e. The van der Waals surface area contributed by atoms with Gasteiger partial charge in [-0.15, -0.1) is 0 Å². The Bertz CT molecular complexity index is 1120. The molecule has 157 valence electrons. The highest BCUT2D eigenvalue weighted by atomic mass is 28.3. The number of aryl methyl sites for hydroxylation is 1. The molecular weight excluding hydrogens is 402 g/mol. The molecule has 0 atom stereocenters. The fraction of sp³-hybridized carbons (Fsp3) is 0.192. The number of fused-ring (bicyclic) bond motifs is 1. The van der Waals surface area contributed by atoms with E-state index in [1.807, 2.05) is 42.5 Å². The van der Waals surface area contributed by atoms with Crippen LogP contribution in [0, 0.1) is 0 Å². The average molecular weight is 429 g/mol. The van der Waals surface area contributed by atoms with E-state index in [2.05, 4.69) is 36.2 Å². The lowest BCUT2D eigenvalue weighted by Crippen LogP contribution is -2.44. The molecule has 0 fully saturated rings. The van der Waals surface area contributed by atoms with Crippen molar-refractivity contribution in [3.8, 4) is 0 Å². The second-order valence-electron chi connectivity index (χ2n) is 7.57. The summed E-state index contributed by atoms with van der Waals surface area (Å²) in [6, 6.07) is 26.1. The molecule has 0 saturated carbocycles. The third-order valence-electron chi connectivity index (χ3n) is 5.46. The van der Waals surface area contributed by atoms with Gasteiger partial charge in [-0.1, -0.05) is 80.1 Å². The zero-order valence-corrected chi connectivity index (χ0v) is 18.6. The van der Waals surface area contributed by atoms with Gasteiger partial charge < -0.3 is 14.5 Å². The highest BCUT2D eigenvalue weighted by molar-refractivity contribution is 6.80. The van der Waals surface area contributed by atoms with Crippen molar-refractivity contribution < 1.29 is 14.3 Å². The summed E-state index contributed by atoms with van der Waals surface area (Å²) < 4.78 is 6.57. The second kappa shape index (κ2) is 9.77. The van der Waals surface area contributed by atoms with Crippen molar-refractivity contribution in [3.63, 3.8) is 0 Å². The van der Waals surface area contributed by atoms with E-state index in [-0.39, 0.29) is 0 Å². The Hall–Kier alpha value is -3.15. The van der Waals surface area contributed by atoms with Gasteiger partial charge in [-0.05, 0) is 40.9 Å².